The van der Waals surface area contributed by atoms with E-state index < -0.39 is 0 Å². The number of thiophene rings is 1. The maximum absolute atomic E-state index is 5.53. The lowest BCUT2D eigenvalue weighted by Gasteiger charge is -2.03. The third-order valence-corrected chi connectivity index (χ3v) is 4.15. The molecule has 0 unspecified atom stereocenters. The summed E-state index contributed by atoms with van der Waals surface area (Å²) in [6, 6.07) is 4.14. The molecule has 3 rings (SSSR count). The van der Waals surface area contributed by atoms with E-state index in [9.17, 15) is 0 Å². The second-order valence-corrected chi connectivity index (χ2v) is 5.39. The van der Waals surface area contributed by atoms with E-state index in [4.69, 9.17) is 5.73 Å². The van der Waals surface area contributed by atoms with Gasteiger partial charge in [-0.05, 0) is 37.0 Å². The van der Waals surface area contributed by atoms with Crippen LogP contribution in [0.4, 0.5) is 11.8 Å². The Morgan fingerprint density at radius 2 is 2.35 bits per heavy atom. The average Bonchev–Trinajstić information content (AvgIpc) is 2.86. The summed E-state index contributed by atoms with van der Waals surface area (Å²) in [5.41, 5.74) is 7.06. The second-order valence-electron chi connectivity index (χ2n) is 4.17. The molecule has 5 heteroatoms. The maximum Gasteiger partial charge on any atom is 0.221 e. The first kappa shape index (κ1) is 10.5. The third-order valence-electron chi connectivity index (χ3n) is 2.92. The molecule has 2 aromatic heterocycles. The molecule has 0 aliphatic heterocycles. The first-order valence-corrected chi connectivity index (χ1v) is 6.56. The third kappa shape index (κ3) is 2.24. The number of hydrogen-bond acceptors (Lipinski definition) is 5. The average molecular weight is 246 g/mol. The van der Waals surface area contributed by atoms with Gasteiger partial charge in [0.1, 0.15) is 5.82 Å². The zero-order valence-corrected chi connectivity index (χ0v) is 10.3. The van der Waals surface area contributed by atoms with Crippen LogP contribution in [0, 0.1) is 0 Å². The van der Waals surface area contributed by atoms with Crippen molar-refractivity contribution < 1.29 is 0 Å². The van der Waals surface area contributed by atoms with Crippen LogP contribution in [0.3, 0.4) is 0 Å². The monoisotopic (exact) mass is 246 g/mol. The molecule has 17 heavy (non-hydrogen) atoms. The molecule has 0 spiro atoms. The summed E-state index contributed by atoms with van der Waals surface area (Å²) in [6.45, 7) is 0.814. The zero-order valence-electron chi connectivity index (χ0n) is 9.44. The van der Waals surface area contributed by atoms with E-state index in [-0.39, 0.29) is 0 Å². The fourth-order valence-corrected chi connectivity index (χ4v) is 3.33. The molecule has 0 aromatic carbocycles. The minimum atomic E-state index is 0.309. The molecule has 88 valence electrons. The van der Waals surface area contributed by atoms with Gasteiger partial charge in [-0.3, -0.25) is 0 Å². The summed E-state index contributed by atoms with van der Waals surface area (Å²) in [6.07, 6.45) is 5.48. The predicted octanol–water partition coefficient (Wildman–Crippen LogP) is 2.22. The van der Waals surface area contributed by atoms with Crippen LogP contribution in [0.25, 0.3) is 0 Å². The fraction of sp³-hybridized carbons (Fsp3) is 0.333. The summed E-state index contributed by atoms with van der Waals surface area (Å²) < 4.78 is 0. The maximum atomic E-state index is 5.53. The smallest absolute Gasteiger partial charge is 0.221 e. The largest absolute Gasteiger partial charge is 0.368 e. The molecule has 1 aliphatic carbocycles. The molecule has 0 fully saturated rings. The van der Waals surface area contributed by atoms with E-state index in [0.717, 1.165) is 12.4 Å². The highest BCUT2D eigenvalue weighted by Crippen LogP contribution is 2.30. The molecule has 0 atom stereocenters. The number of rotatable bonds is 3. The minimum absolute atomic E-state index is 0.309. The standard InChI is InChI=1S/C12H14N4S/c13-12-14-5-4-11(16-12)15-7-9-6-8-2-1-3-10(8)17-9/h4-6H,1-3,7H2,(H3,13,14,15,16). The van der Waals surface area contributed by atoms with E-state index in [1.807, 2.05) is 17.4 Å². The lowest BCUT2D eigenvalue weighted by atomic mass is 10.2. The van der Waals surface area contributed by atoms with Crippen molar-refractivity contribution in [3.63, 3.8) is 0 Å². The Hall–Kier alpha value is -1.62. The number of anilines is 2. The zero-order chi connectivity index (χ0) is 11.7. The lowest BCUT2D eigenvalue weighted by molar-refractivity contribution is 0.913. The number of nitrogens with two attached hydrogens (primary N) is 1. The van der Waals surface area contributed by atoms with Crippen molar-refractivity contribution in [1.29, 1.82) is 0 Å². The van der Waals surface area contributed by atoms with Gasteiger partial charge >= 0.3 is 0 Å². The summed E-state index contributed by atoms with van der Waals surface area (Å²) in [4.78, 5) is 10.9. The second kappa shape index (κ2) is 4.33. The molecule has 0 amide bonds. The van der Waals surface area contributed by atoms with Gasteiger partial charge in [-0.1, -0.05) is 0 Å². The highest BCUT2D eigenvalue weighted by Gasteiger charge is 2.14. The molecule has 4 nitrogen and oxygen atoms in total. The number of nitrogen functional groups attached to an aromatic ring is 1. The lowest BCUT2D eigenvalue weighted by Crippen LogP contribution is -2.02. The number of hydrogen-bond donors (Lipinski definition) is 2. The number of nitrogens with one attached hydrogen (secondary N) is 1. The molecule has 0 bridgehead atoms. The quantitative estimate of drug-likeness (QED) is 0.871. The van der Waals surface area contributed by atoms with Gasteiger partial charge in [0.15, 0.2) is 0 Å². The Labute approximate surface area is 104 Å². The molecule has 2 heterocycles. The summed E-state index contributed by atoms with van der Waals surface area (Å²) >= 11 is 1.91. The first-order chi connectivity index (χ1) is 8.31. The van der Waals surface area contributed by atoms with Crippen LogP contribution >= 0.6 is 11.3 Å². The van der Waals surface area contributed by atoms with Crippen molar-refractivity contribution >= 4 is 23.1 Å². The van der Waals surface area contributed by atoms with Gasteiger partial charge in [0.2, 0.25) is 5.95 Å². The topological polar surface area (TPSA) is 63.8 Å². The Kier molecular flexibility index (Phi) is 2.68. The van der Waals surface area contributed by atoms with E-state index in [1.54, 1.807) is 11.1 Å². The van der Waals surface area contributed by atoms with Crippen LogP contribution in [0.1, 0.15) is 21.7 Å². The van der Waals surface area contributed by atoms with E-state index in [0.29, 0.717) is 5.95 Å². The predicted molar refractivity (Wildman–Crippen MR) is 70.1 cm³/mol. The van der Waals surface area contributed by atoms with E-state index in [1.165, 1.54) is 29.7 Å². The van der Waals surface area contributed by atoms with Crippen LogP contribution < -0.4 is 11.1 Å². The van der Waals surface area contributed by atoms with Crippen molar-refractivity contribution in [3.05, 3.63) is 33.6 Å². The van der Waals surface area contributed by atoms with E-state index in [2.05, 4.69) is 21.4 Å². The Bertz CT molecular complexity index is 514. The van der Waals surface area contributed by atoms with Crippen molar-refractivity contribution in [2.45, 2.75) is 25.8 Å². The molecule has 0 radical (unpaired) electrons. The van der Waals surface area contributed by atoms with Crippen LogP contribution in [-0.2, 0) is 19.4 Å². The minimum Gasteiger partial charge on any atom is -0.368 e. The summed E-state index contributed by atoms with van der Waals surface area (Å²) in [5.74, 6) is 1.09. The molecule has 3 N–H and O–H groups in total. The van der Waals surface area contributed by atoms with Crippen molar-refractivity contribution in [2.75, 3.05) is 11.1 Å². The molecule has 0 saturated heterocycles. The van der Waals surface area contributed by atoms with Gasteiger partial charge in [0.25, 0.3) is 0 Å². The van der Waals surface area contributed by atoms with Crippen LogP contribution in [0.15, 0.2) is 18.3 Å². The Morgan fingerprint density at radius 1 is 1.41 bits per heavy atom. The van der Waals surface area contributed by atoms with Gasteiger partial charge in [0, 0.05) is 16.0 Å². The van der Waals surface area contributed by atoms with Crippen molar-refractivity contribution in [1.82, 2.24) is 9.97 Å². The molecule has 2 aromatic rings. The van der Waals surface area contributed by atoms with Crippen molar-refractivity contribution in [3.8, 4) is 0 Å². The number of fused-ring (bicyclic) bond motifs is 1. The highest BCUT2D eigenvalue weighted by molar-refractivity contribution is 7.12. The molecule has 1 aliphatic rings. The van der Waals surface area contributed by atoms with E-state index >= 15 is 0 Å². The first-order valence-electron chi connectivity index (χ1n) is 5.74. The Morgan fingerprint density at radius 3 is 3.18 bits per heavy atom. The molecule has 0 saturated carbocycles. The highest BCUT2D eigenvalue weighted by atomic mass is 32.1. The number of aromatic nitrogens is 2. The van der Waals surface area contributed by atoms with Gasteiger partial charge in [-0.15, -0.1) is 11.3 Å². The van der Waals surface area contributed by atoms with Gasteiger partial charge in [-0.2, -0.15) is 4.98 Å². The van der Waals surface area contributed by atoms with Crippen LogP contribution in [0.5, 0.6) is 0 Å². The SMILES string of the molecule is Nc1nccc(NCc2cc3c(s2)CCC3)n1. The van der Waals surface area contributed by atoms with Crippen molar-refractivity contribution in [2.24, 2.45) is 0 Å². The normalized spacial score (nSPS) is 13.6. The number of aryl methyl sites for hydroxylation is 2. The fourth-order valence-electron chi connectivity index (χ4n) is 2.13. The van der Waals surface area contributed by atoms with Gasteiger partial charge in [0.05, 0.1) is 6.54 Å². The molecular formula is C12H14N4S. The summed E-state index contributed by atoms with van der Waals surface area (Å²) in [7, 11) is 0. The van der Waals surface area contributed by atoms with Gasteiger partial charge < -0.3 is 11.1 Å². The summed E-state index contributed by atoms with van der Waals surface area (Å²) in [5, 5.41) is 3.27. The van der Waals surface area contributed by atoms with Gasteiger partial charge in [-0.25, -0.2) is 4.98 Å². The van der Waals surface area contributed by atoms with Crippen LogP contribution in [0.2, 0.25) is 0 Å². The Balaban J connectivity index is 1.67. The number of nitrogens with zero attached hydrogens (tertiary/aromatic N) is 2. The molecular weight excluding hydrogens is 232 g/mol. The van der Waals surface area contributed by atoms with Crippen LogP contribution in [-0.4, -0.2) is 9.97 Å².